The topological polar surface area (TPSA) is 95.3 Å². The van der Waals surface area contributed by atoms with Gasteiger partial charge in [0.15, 0.2) is 5.16 Å². The highest BCUT2D eigenvalue weighted by Crippen LogP contribution is 2.36. The minimum absolute atomic E-state index is 0.0950. The molecule has 4 rings (SSSR count). The van der Waals surface area contributed by atoms with Crippen molar-refractivity contribution < 1.29 is 23.5 Å². The number of rotatable bonds is 9. The molecule has 1 N–H and O–H groups in total. The van der Waals surface area contributed by atoms with E-state index in [1.807, 2.05) is 11.5 Å². The summed E-state index contributed by atoms with van der Waals surface area (Å²) in [6.07, 6.45) is 2.91. The molecule has 0 bridgehead atoms. The van der Waals surface area contributed by atoms with Gasteiger partial charge in [0.2, 0.25) is 5.91 Å². The van der Waals surface area contributed by atoms with Gasteiger partial charge in [-0.1, -0.05) is 30.8 Å². The molecule has 8 nitrogen and oxygen atoms in total. The molecule has 0 spiro atoms. The number of esters is 1. The molecule has 11 heteroatoms. The highest BCUT2D eigenvalue weighted by atomic mass is 32.2. The normalized spacial score (nSPS) is 15.4. The minimum atomic E-state index is -0.576. The predicted molar refractivity (Wildman–Crippen MR) is 129 cm³/mol. The van der Waals surface area contributed by atoms with E-state index in [0.29, 0.717) is 27.8 Å². The van der Waals surface area contributed by atoms with Gasteiger partial charge in [0.1, 0.15) is 22.2 Å². The Morgan fingerprint density at radius 1 is 1.32 bits per heavy atom. The van der Waals surface area contributed by atoms with Gasteiger partial charge in [-0.05, 0) is 30.5 Å². The number of carbonyl (C=O) groups is 2. The molecule has 1 aromatic carbocycles. The summed E-state index contributed by atoms with van der Waals surface area (Å²) in [4.78, 5) is 25.2. The standard InChI is InChI=1S/C23H25FN4O4S2/c1-3-18-26-27-23(28(18)11-16-5-4-10-32-16)34-13-19(29)25-21-20(22(30)31-2)17(12-33-21)14-6-8-15(24)9-7-14/h6-9,12,16H,3-5,10-11,13H2,1-2H3,(H,25,29). The van der Waals surface area contributed by atoms with Gasteiger partial charge in [-0.3, -0.25) is 4.79 Å². The van der Waals surface area contributed by atoms with Gasteiger partial charge in [-0.15, -0.1) is 21.5 Å². The second kappa shape index (κ2) is 11.1. The number of carbonyl (C=O) groups excluding carboxylic acids is 2. The number of aryl methyl sites for hydroxylation is 1. The number of ether oxygens (including phenoxy) is 2. The van der Waals surface area contributed by atoms with E-state index >= 15 is 0 Å². The lowest BCUT2D eigenvalue weighted by molar-refractivity contribution is -0.113. The van der Waals surface area contributed by atoms with Crippen molar-refractivity contribution in [2.24, 2.45) is 0 Å². The first-order valence-electron chi connectivity index (χ1n) is 10.9. The maximum absolute atomic E-state index is 13.3. The van der Waals surface area contributed by atoms with Crippen molar-refractivity contribution in [2.45, 2.75) is 44.0 Å². The van der Waals surface area contributed by atoms with Crippen LogP contribution in [0.5, 0.6) is 0 Å². The lowest BCUT2D eigenvalue weighted by atomic mass is 10.0. The van der Waals surface area contributed by atoms with E-state index in [4.69, 9.17) is 9.47 Å². The molecular formula is C23H25FN4O4S2. The second-order valence-electron chi connectivity index (χ2n) is 7.69. The van der Waals surface area contributed by atoms with Crippen molar-refractivity contribution in [1.82, 2.24) is 14.8 Å². The predicted octanol–water partition coefficient (Wildman–Crippen LogP) is 4.40. The van der Waals surface area contributed by atoms with Crippen LogP contribution < -0.4 is 5.32 Å². The third kappa shape index (κ3) is 5.48. The summed E-state index contributed by atoms with van der Waals surface area (Å²) in [5.41, 5.74) is 1.47. The lowest BCUT2D eigenvalue weighted by Crippen LogP contribution is -2.19. The van der Waals surface area contributed by atoms with E-state index in [1.54, 1.807) is 17.5 Å². The number of amides is 1. The second-order valence-corrected chi connectivity index (χ2v) is 9.51. The summed E-state index contributed by atoms with van der Waals surface area (Å²) < 4.78 is 26.0. The molecule has 1 amide bonds. The summed E-state index contributed by atoms with van der Waals surface area (Å²) in [5.74, 6) is -0.284. The van der Waals surface area contributed by atoms with E-state index in [1.165, 1.54) is 42.3 Å². The SMILES string of the molecule is CCc1nnc(SCC(=O)Nc2scc(-c3ccc(F)cc3)c2C(=O)OC)n1CC1CCCO1. The Hall–Kier alpha value is -2.76. The lowest BCUT2D eigenvalue weighted by Gasteiger charge is -2.14. The zero-order chi connectivity index (χ0) is 24.1. The fraction of sp³-hybridized carbons (Fsp3) is 0.391. The Labute approximate surface area is 204 Å². The Balaban J connectivity index is 1.47. The number of hydrogen-bond acceptors (Lipinski definition) is 8. The summed E-state index contributed by atoms with van der Waals surface area (Å²) in [5, 5.41) is 14.1. The molecule has 1 saturated heterocycles. The fourth-order valence-corrected chi connectivity index (χ4v) is 5.49. The quantitative estimate of drug-likeness (QED) is 0.341. The molecule has 1 aliphatic heterocycles. The first kappa shape index (κ1) is 24.4. The van der Waals surface area contributed by atoms with Gasteiger partial charge in [0.25, 0.3) is 0 Å². The number of halogens is 1. The van der Waals surface area contributed by atoms with E-state index in [0.717, 1.165) is 31.7 Å². The molecule has 180 valence electrons. The maximum atomic E-state index is 13.3. The molecule has 1 atom stereocenters. The Morgan fingerprint density at radius 3 is 2.79 bits per heavy atom. The molecule has 34 heavy (non-hydrogen) atoms. The molecule has 2 aromatic heterocycles. The van der Waals surface area contributed by atoms with Gasteiger partial charge in [-0.25, -0.2) is 9.18 Å². The molecular weight excluding hydrogens is 479 g/mol. The number of aromatic nitrogens is 3. The average Bonchev–Trinajstić information content (AvgIpc) is 3.59. The molecule has 1 unspecified atom stereocenters. The van der Waals surface area contributed by atoms with Crippen LogP contribution in [0.15, 0.2) is 34.8 Å². The van der Waals surface area contributed by atoms with Crippen LogP contribution in [0.4, 0.5) is 9.39 Å². The van der Waals surface area contributed by atoms with E-state index in [9.17, 15) is 14.0 Å². The molecule has 1 aliphatic rings. The van der Waals surface area contributed by atoms with Gasteiger partial charge < -0.3 is 19.4 Å². The zero-order valence-electron chi connectivity index (χ0n) is 18.9. The third-order valence-electron chi connectivity index (χ3n) is 5.44. The summed E-state index contributed by atoms with van der Waals surface area (Å²) in [7, 11) is 1.28. The molecule has 1 fully saturated rings. The smallest absolute Gasteiger partial charge is 0.341 e. The molecule has 0 saturated carbocycles. The van der Waals surface area contributed by atoms with Crippen LogP contribution in [0, 0.1) is 5.82 Å². The number of nitrogens with zero attached hydrogens (tertiary/aromatic N) is 3. The first-order valence-corrected chi connectivity index (χ1v) is 12.8. The van der Waals surface area contributed by atoms with Gasteiger partial charge in [0.05, 0.1) is 25.5 Å². The van der Waals surface area contributed by atoms with Crippen molar-refractivity contribution in [3.8, 4) is 11.1 Å². The maximum Gasteiger partial charge on any atom is 0.341 e. The van der Waals surface area contributed by atoms with Crippen molar-refractivity contribution in [2.75, 3.05) is 24.8 Å². The van der Waals surface area contributed by atoms with E-state index < -0.39 is 5.97 Å². The van der Waals surface area contributed by atoms with Crippen molar-refractivity contribution in [1.29, 1.82) is 0 Å². The fourth-order valence-electron chi connectivity index (χ4n) is 3.75. The average molecular weight is 505 g/mol. The van der Waals surface area contributed by atoms with Crippen LogP contribution >= 0.6 is 23.1 Å². The van der Waals surface area contributed by atoms with Gasteiger partial charge in [-0.2, -0.15) is 0 Å². The van der Waals surface area contributed by atoms with Crippen LogP contribution in [0.1, 0.15) is 35.9 Å². The monoisotopic (exact) mass is 504 g/mol. The summed E-state index contributed by atoms with van der Waals surface area (Å²) in [6.45, 7) is 3.45. The summed E-state index contributed by atoms with van der Waals surface area (Å²) >= 11 is 2.50. The molecule has 3 aromatic rings. The first-order chi connectivity index (χ1) is 16.5. The van der Waals surface area contributed by atoms with Crippen LogP contribution in [-0.4, -0.2) is 52.2 Å². The van der Waals surface area contributed by atoms with Crippen LogP contribution in [0.2, 0.25) is 0 Å². The highest BCUT2D eigenvalue weighted by molar-refractivity contribution is 7.99. The van der Waals surface area contributed by atoms with Gasteiger partial charge >= 0.3 is 5.97 Å². The number of thioether (sulfide) groups is 1. The largest absolute Gasteiger partial charge is 0.465 e. The minimum Gasteiger partial charge on any atom is -0.465 e. The van der Waals surface area contributed by atoms with Gasteiger partial charge in [0, 0.05) is 24.0 Å². The number of benzene rings is 1. The molecule has 0 radical (unpaired) electrons. The Bertz CT molecular complexity index is 1160. The number of nitrogens with one attached hydrogen (secondary N) is 1. The Kier molecular flexibility index (Phi) is 7.96. The van der Waals surface area contributed by atoms with E-state index in [-0.39, 0.29) is 29.1 Å². The number of thiophene rings is 1. The highest BCUT2D eigenvalue weighted by Gasteiger charge is 2.24. The number of methoxy groups -OCH3 is 1. The van der Waals surface area contributed by atoms with Crippen molar-refractivity contribution in [3.05, 3.63) is 46.9 Å². The van der Waals surface area contributed by atoms with E-state index in [2.05, 4.69) is 15.5 Å². The molecule has 0 aliphatic carbocycles. The van der Waals surface area contributed by atoms with Crippen LogP contribution in [-0.2, 0) is 27.2 Å². The van der Waals surface area contributed by atoms with Crippen molar-refractivity contribution in [3.63, 3.8) is 0 Å². The third-order valence-corrected chi connectivity index (χ3v) is 7.30. The Morgan fingerprint density at radius 2 is 2.12 bits per heavy atom. The van der Waals surface area contributed by atoms with Crippen molar-refractivity contribution >= 4 is 40.0 Å². The molecule has 3 heterocycles. The van der Waals surface area contributed by atoms with Crippen LogP contribution in [0.25, 0.3) is 11.1 Å². The number of anilines is 1. The number of hydrogen-bond donors (Lipinski definition) is 1. The van der Waals surface area contributed by atoms with Crippen LogP contribution in [0.3, 0.4) is 0 Å². The zero-order valence-corrected chi connectivity index (χ0v) is 20.5. The summed E-state index contributed by atoms with van der Waals surface area (Å²) in [6, 6.07) is 5.80.